The molecule has 0 fully saturated rings. The number of hydrogen-bond acceptors (Lipinski definition) is 2. The van der Waals surface area contributed by atoms with Gasteiger partial charge in [0.25, 0.3) is 5.56 Å². The number of H-pyrrole nitrogens is 2. The molecule has 1 aromatic carbocycles. The molecule has 0 aliphatic rings. The maximum absolute atomic E-state index is 11.3. The summed E-state index contributed by atoms with van der Waals surface area (Å²) in [6, 6.07) is 5.18. The molecular formula is C8H5BrN2O2. The number of benzene rings is 1. The monoisotopic (exact) mass is 240 g/mol. The van der Waals surface area contributed by atoms with E-state index in [-0.39, 0.29) is 5.56 Å². The summed E-state index contributed by atoms with van der Waals surface area (Å²) in [6.07, 6.45) is 0. The van der Waals surface area contributed by atoms with Crippen LogP contribution in [0.15, 0.2) is 32.3 Å². The normalized spacial score (nSPS) is 10.5. The highest BCUT2D eigenvalue weighted by Gasteiger charge is 2.02. The maximum atomic E-state index is 11.3. The first-order chi connectivity index (χ1) is 6.18. The van der Waals surface area contributed by atoms with E-state index in [9.17, 15) is 9.59 Å². The van der Waals surface area contributed by atoms with E-state index in [0.717, 1.165) is 0 Å². The van der Waals surface area contributed by atoms with Gasteiger partial charge in [-0.15, -0.1) is 0 Å². The van der Waals surface area contributed by atoms with Crippen molar-refractivity contribution >= 4 is 26.8 Å². The minimum absolute atomic E-state index is 0.383. The van der Waals surface area contributed by atoms with E-state index in [1.54, 1.807) is 18.2 Å². The van der Waals surface area contributed by atoms with Crippen molar-refractivity contribution in [3.05, 3.63) is 43.5 Å². The first kappa shape index (κ1) is 8.25. The van der Waals surface area contributed by atoms with Crippen molar-refractivity contribution in [1.82, 2.24) is 9.97 Å². The molecule has 0 atom stereocenters. The SMILES string of the molecule is O=c1[nH]c(=O)c2c(Br)cccc2[nH]1. The third-order valence-corrected chi connectivity index (χ3v) is 2.38. The van der Waals surface area contributed by atoms with Crippen molar-refractivity contribution in [2.75, 3.05) is 0 Å². The van der Waals surface area contributed by atoms with E-state index in [1.165, 1.54) is 0 Å². The number of aromatic amines is 2. The molecule has 0 amide bonds. The largest absolute Gasteiger partial charge is 0.326 e. The predicted octanol–water partition coefficient (Wildman–Crippen LogP) is 0.979. The lowest BCUT2D eigenvalue weighted by atomic mass is 10.2. The van der Waals surface area contributed by atoms with Crippen LogP contribution in [0.1, 0.15) is 0 Å². The van der Waals surface area contributed by atoms with Crippen LogP contribution >= 0.6 is 15.9 Å². The van der Waals surface area contributed by atoms with Crippen molar-refractivity contribution < 1.29 is 0 Å². The summed E-state index contributed by atoms with van der Waals surface area (Å²) in [7, 11) is 0. The van der Waals surface area contributed by atoms with E-state index in [1.807, 2.05) is 0 Å². The van der Waals surface area contributed by atoms with Gasteiger partial charge >= 0.3 is 5.69 Å². The van der Waals surface area contributed by atoms with Gasteiger partial charge in [0.1, 0.15) is 0 Å². The Morgan fingerprint density at radius 2 is 1.92 bits per heavy atom. The molecule has 5 heteroatoms. The van der Waals surface area contributed by atoms with Gasteiger partial charge in [0.05, 0.1) is 10.9 Å². The molecule has 0 spiro atoms. The number of fused-ring (bicyclic) bond motifs is 1. The Bertz CT molecular complexity index is 570. The Morgan fingerprint density at radius 1 is 1.15 bits per heavy atom. The Morgan fingerprint density at radius 3 is 2.69 bits per heavy atom. The van der Waals surface area contributed by atoms with E-state index >= 15 is 0 Å². The highest BCUT2D eigenvalue weighted by atomic mass is 79.9. The second kappa shape index (κ2) is 2.85. The second-order valence-corrected chi connectivity index (χ2v) is 3.42. The molecule has 0 aliphatic heterocycles. The third-order valence-electron chi connectivity index (χ3n) is 1.72. The smallest absolute Gasteiger partial charge is 0.307 e. The van der Waals surface area contributed by atoms with Crippen LogP contribution in [0.5, 0.6) is 0 Å². The molecule has 2 aromatic rings. The summed E-state index contributed by atoms with van der Waals surface area (Å²) in [5.41, 5.74) is -0.343. The number of aromatic nitrogens is 2. The fourth-order valence-electron chi connectivity index (χ4n) is 1.18. The molecule has 0 saturated heterocycles. The van der Waals surface area contributed by atoms with Crippen LogP contribution in [-0.2, 0) is 0 Å². The van der Waals surface area contributed by atoms with Crippen molar-refractivity contribution in [2.45, 2.75) is 0 Å². The fraction of sp³-hybridized carbons (Fsp3) is 0. The van der Waals surface area contributed by atoms with Crippen LogP contribution in [0.25, 0.3) is 10.9 Å². The van der Waals surface area contributed by atoms with Crippen LogP contribution in [0.3, 0.4) is 0 Å². The molecule has 4 nitrogen and oxygen atoms in total. The summed E-state index contributed by atoms with van der Waals surface area (Å²) < 4.78 is 0.669. The number of halogens is 1. The van der Waals surface area contributed by atoms with Crippen LogP contribution < -0.4 is 11.2 Å². The molecule has 0 bridgehead atoms. The van der Waals surface area contributed by atoms with Crippen molar-refractivity contribution in [1.29, 1.82) is 0 Å². The Hall–Kier alpha value is -1.36. The van der Waals surface area contributed by atoms with Crippen LogP contribution in [0.2, 0.25) is 0 Å². The van der Waals surface area contributed by atoms with Crippen LogP contribution in [0.4, 0.5) is 0 Å². The van der Waals surface area contributed by atoms with Gasteiger partial charge in [-0.05, 0) is 28.1 Å². The average Bonchev–Trinajstić information content (AvgIpc) is 2.02. The van der Waals surface area contributed by atoms with Gasteiger partial charge in [-0.1, -0.05) is 6.07 Å². The van der Waals surface area contributed by atoms with Gasteiger partial charge in [-0.25, -0.2) is 4.79 Å². The molecule has 0 radical (unpaired) electrons. The van der Waals surface area contributed by atoms with Gasteiger partial charge < -0.3 is 4.98 Å². The van der Waals surface area contributed by atoms with Crippen molar-refractivity contribution in [2.24, 2.45) is 0 Å². The van der Waals surface area contributed by atoms with E-state index < -0.39 is 5.69 Å². The molecule has 2 rings (SSSR count). The minimum atomic E-state index is -0.490. The van der Waals surface area contributed by atoms with Gasteiger partial charge in [-0.2, -0.15) is 0 Å². The van der Waals surface area contributed by atoms with Gasteiger partial charge in [-0.3, -0.25) is 9.78 Å². The summed E-state index contributed by atoms with van der Waals surface area (Å²) in [6.45, 7) is 0. The molecule has 0 saturated carbocycles. The molecule has 66 valence electrons. The van der Waals surface area contributed by atoms with Gasteiger partial charge in [0.2, 0.25) is 0 Å². The van der Waals surface area contributed by atoms with E-state index in [0.29, 0.717) is 15.4 Å². The number of nitrogens with one attached hydrogen (secondary N) is 2. The topological polar surface area (TPSA) is 65.7 Å². The molecule has 0 aliphatic carbocycles. The first-order valence-electron chi connectivity index (χ1n) is 3.59. The van der Waals surface area contributed by atoms with Crippen LogP contribution in [-0.4, -0.2) is 9.97 Å². The average molecular weight is 241 g/mol. The zero-order valence-corrected chi connectivity index (χ0v) is 8.01. The van der Waals surface area contributed by atoms with Gasteiger partial charge in [0.15, 0.2) is 0 Å². The summed E-state index contributed by atoms with van der Waals surface area (Å²) in [4.78, 5) is 26.9. The third kappa shape index (κ3) is 1.31. The van der Waals surface area contributed by atoms with Crippen molar-refractivity contribution in [3.63, 3.8) is 0 Å². The van der Waals surface area contributed by atoms with Gasteiger partial charge in [0, 0.05) is 4.47 Å². The lowest BCUT2D eigenvalue weighted by Gasteiger charge is -1.96. The van der Waals surface area contributed by atoms with Crippen molar-refractivity contribution in [3.8, 4) is 0 Å². The minimum Gasteiger partial charge on any atom is -0.307 e. The zero-order valence-electron chi connectivity index (χ0n) is 6.43. The maximum Gasteiger partial charge on any atom is 0.326 e. The molecule has 0 unspecified atom stereocenters. The zero-order chi connectivity index (χ0) is 9.42. The number of rotatable bonds is 0. The summed E-state index contributed by atoms with van der Waals surface area (Å²) >= 11 is 3.23. The highest BCUT2D eigenvalue weighted by Crippen LogP contribution is 2.16. The molecule has 1 heterocycles. The predicted molar refractivity (Wildman–Crippen MR) is 52.9 cm³/mol. The molecular weight excluding hydrogens is 236 g/mol. The molecule has 13 heavy (non-hydrogen) atoms. The second-order valence-electron chi connectivity index (χ2n) is 2.57. The standard InChI is InChI=1S/C8H5BrN2O2/c9-4-2-1-3-5-6(4)7(12)11-8(13)10-5/h1-3H,(H2,10,11,12,13). The quantitative estimate of drug-likeness (QED) is 0.721. The lowest BCUT2D eigenvalue weighted by molar-refractivity contribution is 1.08. The Kier molecular flexibility index (Phi) is 1.81. The van der Waals surface area contributed by atoms with Crippen LogP contribution in [0, 0.1) is 0 Å². The Balaban J connectivity index is 3.12. The summed E-state index contributed by atoms with van der Waals surface area (Å²) in [5.74, 6) is 0. The van der Waals surface area contributed by atoms with E-state index in [2.05, 4.69) is 25.9 Å². The molecule has 2 N–H and O–H groups in total. The fourth-order valence-corrected chi connectivity index (χ4v) is 1.72. The number of hydrogen-bond donors (Lipinski definition) is 2. The first-order valence-corrected chi connectivity index (χ1v) is 4.38. The summed E-state index contributed by atoms with van der Waals surface area (Å²) in [5, 5.41) is 0.460. The highest BCUT2D eigenvalue weighted by molar-refractivity contribution is 9.10. The Labute approximate surface area is 80.7 Å². The molecule has 1 aromatic heterocycles. The lowest BCUT2D eigenvalue weighted by Crippen LogP contribution is -2.21. The van der Waals surface area contributed by atoms with E-state index in [4.69, 9.17) is 0 Å².